The maximum absolute atomic E-state index is 13.7. The zero-order valence-corrected chi connectivity index (χ0v) is 55.8. The summed E-state index contributed by atoms with van der Waals surface area (Å²) in [6.07, 6.45) is 14.7. The van der Waals surface area contributed by atoms with Crippen molar-refractivity contribution in [3.8, 4) is 0 Å². The van der Waals surface area contributed by atoms with Gasteiger partial charge >= 0.3 is 5.97 Å². The Balaban J connectivity index is 1.51. The number of amides is 5. The van der Waals surface area contributed by atoms with Crippen LogP contribution >= 0.6 is 0 Å². The molecule has 514 valence electrons. The fourth-order valence-electron chi connectivity index (χ4n) is 11.5. The first-order valence-corrected chi connectivity index (χ1v) is 37.8. The van der Waals surface area contributed by atoms with Gasteiger partial charge in [-0.05, 0) is 125 Å². The fraction of sp³-hybridized carbons (Fsp3) is 0.586. The number of esters is 1. The molecule has 0 aromatic heterocycles. The fourth-order valence-corrected chi connectivity index (χ4v) is 14.5. The first-order valence-electron chi connectivity index (χ1n) is 30.1. The largest absolute Gasteiger partial charge is 0.466 e. The summed E-state index contributed by atoms with van der Waals surface area (Å²) in [5, 5.41) is 11.1. The van der Waals surface area contributed by atoms with Crippen LogP contribution in [0.3, 0.4) is 0 Å². The van der Waals surface area contributed by atoms with Gasteiger partial charge in [0.1, 0.15) is 35.4 Å². The van der Waals surface area contributed by atoms with Gasteiger partial charge in [-0.2, -0.15) is 42.1 Å². The van der Waals surface area contributed by atoms with Crippen molar-refractivity contribution in [2.75, 3.05) is 59.8 Å². The standard InChI is InChI=1S/C58H85N7O22S5/c1-5-87-53(68)25-15-9-20-34-65-48-29-27-41(92(84,85)86)36-43(48)58(4)30-16-7-13-24-52(67)61-45(38-89(75,76)77)55(70)63-46(39-90(78,79)80)56(71)62-44(37-88(72,73)74)54(69)60-32-18-10-17-31-59-51(66)23-14-8-19-33-64-47-28-26-40(91(81,82)83)35-42(47)57(2,3)49(64)21-11-6-12-22-50(58)65/h6,11-12,21-22,26-29,35-36,44-46,49H,5,7-10,13-20,23-25,30-34,37-39H2,1-4H3,(H,59,66)(H,60,69)(H,61,67)(H,62,71)(H,63,70)(H,72,73,74)(H,75,76,77)(H,78,79,80)(H,81,82,83)(H,84,85,86)/b12-6+,21-11+,50-22-. The number of benzene rings is 2. The average molecular weight is 1390 g/mol. The molecule has 5 atom stereocenters. The second kappa shape index (κ2) is 33.1. The minimum absolute atomic E-state index is 0.0609. The summed E-state index contributed by atoms with van der Waals surface area (Å²) in [6, 6.07) is 1.53. The summed E-state index contributed by atoms with van der Waals surface area (Å²) in [4.78, 5) is 82.6. The second-order valence-corrected chi connectivity index (χ2v) is 31.0. The number of rotatable bonds is 15. The van der Waals surface area contributed by atoms with Gasteiger partial charge in [-0.1, -0.05) is 63.8 Å². The molecular formula is C58H85N7O22S5. The number of ether oxygens (including phenoxy) is 1. The van der Waals surface area contributed by atoms with E-state index in [1.54, 1.807) is 31.2 Å². The van der Waals surface area contributed by atoms with Crippen molar-refractivity contribution >= 4 is 97.5 Å². The van der Waals surface area contributed by atoms with E-state index in [9.17, 15) is 93.6 Å². The second-order valence-electron chi connectivity index (χ2n) is 23.7. The lowest BCUT2D eigenvalue weighted by Gasteiger charge is -2.32. The van der Waals surface area contributed by atoms with Gasteiger partial charge in [0, 0.05) is 73.3 Å². The van der Waals surface area contributed by atoms with E-state index in [0.29, 0.717) is 93.4 Å². The highest BCUT2D eigenvalue weighted by molar-refractivity contribution is 7.86. The molecule has 0 fully saturated rings. The number of nitrogens with one attached hydrogen (secondary N) is 5. The summed E-state index contributed by atoms with van der Waals surface area (Å²) >= 11 is 0. The van der Waals surface area contributed by atoms with E-state index in [-0.39, 0.29) is 85.9 Å². The molecule has 34 heteroatoms. The van der Waals surface area contributed by atoms with Gasteiger partial charge in [0.25, 0.3) is 50.6 Å². The number of nitrogens with zero attached hydrogens (tertiary/aromatic N) is 2. The van der Waals surface area contributed by atoms with Crippen molar-refractivity contribution in [1.82, 2.24) is 26.6 Å². The molecule has 29 nitrogen and oxygen atoms in total. The Morgan fingerprint density at radius 1 is 0.576 bits per heavy atom. The summed E-state index contributed by atoms with van der Waals surface area (Å²) in [5.41, 5.74) is 1.55. The monoisotopic (exact) mass is 1390 g/mol. The molecule has 92 heavy (non-hydrogen) atoms. The number of hydrogen-bond acceptors (Lipinski definition) is 19. The molecule has 2 aromatic carbocycles. The van der Waals surface area contributed by atoms with Crippen LogP contribution in [0.4, 0.5) is 11.4 Å². The van der Waals surface area contributed by atoms with E-state index in [1.807, 2.05) is 54.5 Å². The molecule has 10 N–H and O–H groups in total. The first-order chi connectivity index (χ1) is 42.8. The zero-order valence-electron chi connectivity index (χ0n) is 51.7. The van der Waals surface area contributed by atoms with E-state index in [2.05, 4.69) is 20.9 Å². The van der Waals surface area contributed by atoms with E-state index in [1.165, 1.54) is 24.3 Å². The molecule has 2 aromatic rings. The third kappa shape index (κ3) is 23.3. The number of anilines is 2. The third-order valence-corrected chi connectivity index (χ3v) is 20.1. The Hall–Kier alpha value is -6.37. The minimum Gasteiger partial charge on any atom is -0.466 e. The summed E-state index contributed by atoms with van der Waals surface area (Å²) in [7, 11) is -24.7. The Morgan fingerprint density at radius 2 is 1.10 bits per heavy atom. The van der Waals surface area contributed by atoms with Crippen molar-refractivity contribution in [1.29, 1.82) is 0 Å². The molecule has 0 saturated carbocycles. The highest BCUT2D eigenvalue weighted by atomic mass is 32.2. The molecule has 3 aliphatic heterocycles. The van der Waals surface area contributed by atoms with Crippen molar-refractivity contribution in [3.63, 3.8) is 0 Å². The number of carbonyl (C=O) groups excluding carboxylic acids is 6. The number of fused-ring (bicyclic) bond motifs is 6. The van der Waals surface area contributed by atoms with E-state index in [0.717, 1.165) is 5.69 Å². The number of carbonyl (C=O) groups is 6. The molecule has 0 aliphatic carbocycles. The van der Waals surface area contributed by atoms with Crippen molar-refractivity contribution < 1.29 is 98.4 Å². The van der Waals surface area contributed by atoms with Gasteiger partial charge in [0.05, 0.1) is 22.4 Å². The van der Waals surface area contributed by atoms with Gasteiger partial charge < -0.3 is 41.1 Å². The maximum Gasteiger partial charge on any atom is 0.305 e. The van der Waals surface area contributed by atoms with Crippen LogP contribution in [-0.4, -0.2) is 175 Å². The van der Waals surface area contributed by atoms with E-state index in [4.69, 9.17) is 4.74 Å². The van der Waals surface area contributed by atoms with Crippen LogP contribution in [0.25, 0.3) is 0 Å². The number of allylic oxidation sites excluding steroid dienone is 5. The number of unbranched alkanes of at least 4 members (excludes halogenated alkanes) is 2. The lowest BCUT2D eigenvalue weighted by atomic mass is 9.77. The zero-order chi connectivity index (χ0) is 68.5. The Kier molecular flexibility index (Phi) is 27.5. The van der Waals surface area contributed by atoms with E-state index < -0.39 is 127 Å². The van der Waals surface area contributed by atoms with Gasteiger partial charge in [0.15, 0.2) is 0 Å². The highest BCUT2D eigenvalue weighted by Crippen LogP contribution is 2.52. The van der Waals surface area contributed by atoms with Crippen LogP contribution in [0.1, 0.15) is 142 Å². The first kappa shape index (κ1) is 76.3. The highest BCUT2D eigenvalue weighted by Gasteiger charge is 2.45. The maximum atomic E-state index is 13.7. The average Bonchev–Trinajstić information content (AvgIpc) is 1.59. The molecule has 0 radical (unpaired) electrons. The van der Waals surface area contributed by atoms with Crippen LogP contribution < -0.4 is 36.4 Å². The predicted molar refractivity (Wildman–Crippen MR) is 339 cm³/mol. The van der Waals surface area contributed by atoms with Crippen LogP contribution in [0.2, 0.25) is 0 Å². The molecule has 3 aliphatic rings. The molecule has 3 heterocycles. The topological polar surface area (TPSA) is 450 Å². The summed E-state index contributed by atoms with van der Waals surface area (Å²) in [5.74, 6) is -10.6. The third-order valence-electron chi connectivity index (χ3n) is 16.1. The minimum atomic E-state index is -5.23. The van der Waals surface area contributed by atoms with Crippen LogP contribution in [-0.2, 0) is 94.9 Å². The molecule has 0 spiro atoms. The van der Waals surface area contributed by atoms with Crippen LogP contribution in [0.15, 0.2) is 82.3 Å². The van der Waals surface area contributed by atoms with E-state index >= 15 is 0 Å². The molecule has 5 unspecified atom stereocenters. The predicted octanol–water partition coefficient (Wildman–Crippen LogP) is 3.59. The van der Waals surface area contributed by atoms with Crippen LogP contribution in [0.5, 0.6) is 0 Å². The quantitative estimate of drug-likeness (QED) is 0.0692. The lowest BCUT2D eigenvalue weighted by molar-refractivity contribution is -0.143. The number of hydrogen-bond donors (Lipinski definition) is 10. The molecular weight excluding hydrogens is 1310 g/mol. The normalized spacial score (nSPS) is 24.3. The Bertz CT molecular complexity index is 3690. The van der Waals surface area contributed by atoms with Crippen molar-refractivity contribution in [2.24, 2.45) is 0 Å². The molecule has 5 rings (SSSR count). The van der Waals surface area contributed by atoms with Gasteiger partial charge in [0.2, 0.25) is 29.5 Å². The molecule has 0 bridgehead atoms. The SMILES string of the molecule is CCOC(=O)CCCCCN1\C2=C/C=C/C=C/C3N(CCCCCC(=O)NCCCCCNC(=O)C(CS(=O)(=O)O)NC(=O)C(CS(=O)(=O)O)NC(=O)C(CS(=O)(=O)O)NC(=O)CCCCCC2(C)c2cc(S(=O)(=O)O)ccc21)c1ccc(S(=O)(=O)O)cc1C3(C)C. The Labute approximate surface area is 538 Å². The van der Waals surface area contributed by atoms with Gasteiger partial charge in [-0.15, -0.1) is 0 Å². The van der Waals surface area contributed by atoms with Crippen molar-refractivity contribution in [3.05, 3.63) is 83.6 Å². The Morgan fingerprint density at radius 3 is 1.67 bits per heavy atom. The molecule has 5 amide bonds. The van der Waals surface area contributed by atoms with Gasteiger partial charge in [-0.3, -0.25) is 51.5 Å². The van der Waals surface area contributed by atoms with Crippen LogP contribution in [0, 0.1) is 0 Å². The lowest BCUT2D eigenvalue weighted by Crippen LogP contribution is -2.60. The summed E-state index contributed by atoms with van der Waals surface area (Å²) < 4.78 is 177. The summed E-state index contributed by atoms with van der Waals surface area (Å²) in [6.45, 7) is 8.72. The smallest absolute Gasteiger partial charge is 0.305 e. The molecule has 0 saturated heterocycles. The van der Waals surface area contributed by atoms with Crippen molar-refractivity contribution in [2.45, 2.75) is 175 Å². The van der Waals surface area contributed by atoms with Gasteiger partial charge in [-0.25, -0.2) is 0 Å².